The summed E-state index contributed by atoms with van der Waals surface area (Å²) >= 11 is 1.37. The number of carbonyl (C=O) groups excluding carboxylic acids is 1. The van der Waals surface area contributed by atoms with Crippen LogP contribution in [0.15, 0.2) is 5.38 Å². The predicted octanol–water partition coefficient (Wildman–Crippen LogP) is 0.388. The van der Waals surface area contributed by atoms with Crippen molar-refractivity contribution in [3.05, 3.63) is 16.1 Å². The van der Waals surface area contributed by atoms with Gasteiger partial charge in [0.15, 0.2) is 0 Å². The van der Waals surface area contributed by atoms with Gasteiger partial charge in [-0.3, -0.25) is 4.79 Å². The molecule has 0 spiro atoms. The molecule has 1 amide bonds. The van der Waals surface area contributed by atoms with E-state index in [1.165, 1.54) is 11.3 Å². The van der Waals surface area contributed by atoms with Crippen molar-refractivity contribution in [1.29, 1.82) is 0 Å². The Morgan fingerprint density at radius 3 is 3.09 bits per heavy atom. The molecular weight excluding hydrogens is 164 g/mol. The van der Waals surface area contributed by atoms with Crippen LogP contribution in [0.3, 0.4) is 0 Å². The molecule has 0 aliphatic heterocycles. The highest BCUT2D eigenvalue weighted by Crippen LogP contribution is 2.09. The molecule has 4 nitrogen and oxygen atoms in total. The van der Waals surface area contributed by atoms with Gasteiger partial charge in [0.25, 0.3) is 5.91 Å². The van der Waals surface area contributed by atoms with Crippen molar-refractivity contribution >= 4 is 17.2 Å². The third kappa shape index (κ3) is 1.99. The number of aromatic nitrogens is 1. The fourth-order valence-electron chi connectivity index (χ4n) is 0.614. The number of methoxy groups -OCH3 is 1. The van der Waals surface area contributed by atoms with E-state index < -0.39 is 5.91 Å². The SMILES string of the molecule is COCc1nc(C(N)=O)cs1. The summed E-state index contributed by atoms with van der Waals surface area (Å²) in [6.45, 7) is 0.429. The summed E-state index contributed by atoms with van der Waals surface area (Å²) in [4.78, 5) is 14.5. The maximum atomic E-state index is 10.5. The lowest BCUT2D eigenvalue weighted by Crippen LogP contribution is -2.11. The fraction of sp³-hybridized carbons (Fsp3) is 0.333. The molecule has 0 bridgehead atoms. The van der Waals surface area contributed by atoms with Gasteiger partial charge in [0.05, 0.1) is 6.61 Å². The monoisotopic (exact) mass is 172 g/mol. The zero-order valence-electron chi connectivity index (χ0n) is 6.03. The number of carbonyl (C=O) groups is 1. The molecule has 60 valence electrons. The Kier molecular flexibility index (Phi) is 2.56. The van der Waals surface area contributed by atoms with Crippen molar-refractivity contribution in [2.24, 2.45) is 5.73 Å². The van der Waals surface area contributed by atoms with Gasteiger partial charge >= 0.3 is 0 Å². The minimum atomic E-state index is -0.497. The highest BCUT2D eigenvalue weighted by Gasteiger charge is 2.05. The first kappa shape index (κ1) is 8.16. The number of hydrogen-bond donors (Lipinski definition) is 1. The van der Waals surface area contributed by atoms with Gasteiger partial charge in [0.1, 0.15) is 10.7 Å². The van der Waals surface area contributed by atoms with Gasteiger partial charge in [0.2, 0.25) is 0 Å². The van der Waals surface area contributed by atoms with Crippen molar-refractivity contribution in [1.82, 2.24) is 4.98 Å². The van der Waals surface area contributed by atoms with Crippen molar-refractivity contribution in [2.75, 3.05) is 7.11 Å². The molecule has 1 aromatic rings. The van der Waals surface area contributed by atoms with Crippen LogP contribution in [0.5, 0.6) is 0 Å². The maximum absolute atomic E-state index is 10.5. The molecule has 11 heavy (non-hydrogen) atoms. The lowest BCUT2D eigenvalue weighted by atomic mass is 10.5. The Balaban J connectivity index is 2.73. The molecule has 0 unspecified atom stereocenters. The van der Waals surface area contributed by atoms with E-state index in [0.29, 0.717) is 12.3 Å². The summed E-state index contributed by atoms with van der Waals surface area (Å²) in [6, 6.07) is 0. The van der Waals surface area contributed by atoms with Crippen LogP contribution in [0.1, 0.15) is 15.5 Å². The number of primary amides is 1. The van der Waals surface area contributed by atoms with E-state index in [4.69, 9.17) is 10.5 Å². The van der Waals surface area contributed by atoms with E-state index in [2.05, 4.69) is 4.98 Å². The predicted molar refractivity (Wildman–Crippen MR) is 41.3 cm³/mol. The van der Waals surface area contributed by atoms with E-state index in [9.17, 15) is 4.79 Å². The van der Waals surface area contributed by atoms with Crippen LogP contribution in [0.25, 0.3) is 0 Å². The van der Waals surface area contributed by atoms with Crippen LogP contribution in [0, 0.1) is 0 Å². The second-order valence-corrected chi connectivity index (χ2v) is 2.87. The minimum absolute atomic E-state index is 0.307. The Bertz CT molecular complexity index is 259. The van der Waals surface area contributed by atoms with Gasteiger partial charge < -0.3 is 10.5 Å². The van der Waals surface area contributed by atoms with Crippen LogP contribution in [-0.2, 0) is 11.3 Å². The molecule has 2 N–H and O–H groups in total. The van der Waals surface area contributed by atoms with E-state index in [0.717, 1.165) is 5.01 Å². The van der Waals surface area contributed by atoms with E-state index in [-0.39, 0.29) is 0 Å². The Labute approximate surface area is 68.0 Å². The molecule has 1 aromatic heterocycles. The third-order valence-electron chi connectivity index (χ3n) is 1.07. The summed E-state index contributed by atoms with van der Waals surface area (Å²) in [7, 11) is 1.57. The molecule has 0 aliphatic rings. The van der Waals surface area contributed by atoms with Gasteiger partial charge in [-0.15, -0.1) is 11.3 Å². The van der Waals surface area contributed by atoms with Crippen molar-refractivity contribution in [3.63, 3.8) is 0 Å². The molecular formula is C6H8N2O2S. The number of nitrogens with zero attached hydrogens (tertiary/aromatic N) is 1. The number of thiazole rings is 1. The number of ether oxygens (including phenoxy) is 1. The molecule has 0 fully saturated rings. The lowest BCUT2D eigenvalue weighted by Gasteiger charge is -1.89. The average Bonchev–Trinajstić information content (AvgIpc) is 2.37. The molecule has 0 aliphatic carbocycles. The van der Waals surface area contributed by atoms with Crippen LogP contribution in [-0.4, -0.2) is 18.0 Å². The number of amides is 1. The van der Waals surface area contributed by atoms with E-state index in [1.54, 1.807) is 12.5 Å². The number of hydrogen-bond acceptors (Lipinski definition) is 4. The minimum Gasteiger partial charge on any atom is -0.378 e. The second kappa shape index (κ2) is 3.45. The summed E-state index contributed by atoms with van der Waals surface area (Å²) in [5, 5.41) is 2.39. The van der Waals surface area contributed by atoms with Crippen LogP contribution in [0.4, 0.5) is 0 Å². The fourth-order valence-corrected chi connectivity index (χ4v) is 1.37. The molecule has 0 saturated carbocycles. The zero-order valence-corrected chi connectivity index (χ0v) is 6.85. The highest BCUT2D eigenvalue weighted by molar-refractivity contribution is 7.09. The highest BCUT2D eigenvalue weighted by atomic mass is 32.1. The first-order valence-electron chi connectivity index (χ1n) is 2.97. The lowest BCUT2D eigenvalue weighted by molar-refractivity contribution is 0.0995. The Morgan fingerprint density at radius 2 is 2.64 bits per heavy atom. The Morgan fingerprint density at radius 1 is 1.91 bits per heavy atom. The van der Waals surface area contributed by atoms with Crippen LogP contribution in [0.2, 0.25) is 0 Å². The molecule has 1 heterocycles. The van der Waals surface area contributed by atoms with Crippen LogP contribution >= 0.6 is 11.3 Å². The van der Waals surface area contributed by atoms with Gasteiger partial charge in [-0.25, -0.2) is 4.98 Å². The quantitative estimate of drug-likeness (QED) is 0.717. The van der Waals surface area contributed by atoms with Gasteiger partial charge in [-0.1, -0.05) is 0 Å². The van der Waals surface area contributed by atoms with Crippen molar-refractivity contribution < 1.29 is 9.53 Å². The van der Waals surface area contributed by atoms with Gasteiger partial charge in [-0.05, 0) is 0 Å². The zero-order chi connectivity index (χ0) is 8.27. The second-order valence-electron chi connectivity index (χ2n) is 1.92. The maximum Gasteiger partial charge on any atom is 0.268 e. The molecule has 5 heteroatoms. The number of nitrogens with two attached hydrogens (primary N) is 1. The molecule has 0 aromatic carbocycles. The summed E-state index contributed by atoms with van der Waals surface area (Å²) in [6.07, 6.45) is 0. The van der Waals surface area contributed by atoms with Crippen molar-refractivity contribution in [3.8, 4) is 0 Å². The molecule has 0 atom stereocenters. The van der Waals surface area contributed by atoms with E-state index >= 15 is 0 Å². The number of rotatable bonds is 3. The smallest absolute Gasteiger partial charge is 0.268 e. The molecule has 0 saturated heterocycles. The largest absolute Gasteiger partial charge is 0.378 e. The first-order chi connectivity index (χ1) is 5.24. The first-order valence-corrected chi connectivity index (χ1v) is 3.85. The standard InChI is InChI=1S/C6H8N2O2S/c1-10-2-5-8-4(3-11-5)6(7)9/h3H,2H2,1H3,(H2,7,9). The summed E-state index contributed by atoms with van der Waals surface area (Å²) in [5.74, 6) is -0.497. The Hall–Kier alpha value is -0.940. The van der Waals surface area contributed by atoms with Gasteiger partial charge in [0, 0.05) is 12.5 Å². The summed E-state index contributed by atoms with van der Waals surface area (Å²) in [5.41, 5.74) is 5.30. The molecule has 1 rings (SSSR count). The van der Waals surface area contributed by atoms with Crippen LogP contribution < -0.4 is 5.73 Å². The summed E-state index contributed by atoms with van der Waals surface area (Å²) < 4.78 is 4.82. The van der Waals surface area contributed by atoms with Crippen molar-refractivity contribution in [2.45, 2.75) is 6.61 Å². The topological polar surface area (TPSA) is 65.2 Å². The third-order valence-corrected chi connectivity index (χ3v) is 1.89. The molecule has 0 radical (unpaired) electrons. The van der Waals surface area contributed by atoms with E-state index in [1.807, 2.05) is 0 Å². The van der Waals surface area contributed by atoms with Gasteiger partial charge in [-0.2, -0.15) is 0 Å². The average molecular weight is 172 g/mol. The normalized spacial score (nSPS) is 9.91.